The summed E-state index contributed by atoms with van der Waals surface area (Å²) in [6, 6.07) is 10.1. The predicted molar refractivity (Wildman–Crippen MR) is 45.0 cm³/mol. The Balaban J connectivity index is 2.58. The highest BCUT2D eigenvalue weighted by molar-refractivity contribution is 5.19. The Hall–Kier alpha value is -1.04. The standard InChI is InChI=1S/C10H12/c1-9(2)8-10-6-4-3-5-7-10/h3-7H,1,8H2,2H3/i2D. The Morgan fingerprint density at radius 3 is 2.80 bits per heavy atom. The van der Waals surface area contributed by atoms with Crippen molar-refractivity contribution in [1.29, 1.82) is 0 Å². The molecular weight excluding hydrogens is 120 g/mol. The van der Waals surface area contributed by atoms with Gasteiger partial charge in [-0.25, -0.2) is 0 Å². The first-order chi connectivity index (χ1) is 5.33. The van der Waals surface area contributed by atoms with Crippen molar-refractivity contribution in [3.63, 3.8) is 0 Å². The van der Waals surface area contributed by atoms with Gasteiger partial charge in [-0.1, -0.05) is 42.5 Å². The molecule has 0 amide bonds. The van der Waals surface area contributed by atoms with Crippen molar-refractivity contribution < 1.29 is 1.37 Å². The summed E-state index contributed by atoms with van der Waals surface area (Å²) in [5.74, 6) is 0. The van der Waals surface area contributed by atoms with Crippen LogP contribution in [-0.4, -0.2) is 0 Å². The second-order valence-corrected chi connectivity index (χ2v) is 2.41. The minimum absolute atomic E-state index is 0.328. The van der Waals surface area contributed by atoms with Crippen molar-refractivity contribution in [3.8, 4) is 0 Å². The molecule has 0 fully saturated rings. The van der Waals surface area contributed by atoms with E-state index in [9.17, 15) is 0 Å². The van der Waals surface area contributed by atoms with Crippen LogP contribution in [0.1, 0.15) is 13.8 Å². The first-order valence-corrected chi connectivity index (χ1v) is 3.32. The van der Waals surface area contributed by atoms with Gasteiger partial charge in [0, 0.05) is 1.37 Å². The van der Waals surface area contributed by atoms with E-state index in [1.54, 1.807) is 0 Å². The van der Waals surface area contributed by atoms with Crippen molar-refractivity contribution in [2.75, 3.05) is 0 Å². The lowest BCUT2D eigenvalue weighted by Gasteiger charge is -1.97. The van der Waals surface area contributed by atoms with Gasteiger partial charge < -0.3 is 0 Å². The maximum absolute atomic E-state index is 7.06. The molecule has 0 heterocycles. The second kappa shape index (κ2) is 3.21. The average molecular weight is 133 g/mol. The Morgan fingerprint density at radius 2 is 2.20 bits per heavy atom. The molecule has 1 rings (SSSR count). The maximum atomic E-state index is 7.06. The van der Waals surface area contributed by atoms with Gasteiger partial charge in [0.2, 0.25) is 0 Å². The lowest BCUT2D eigenvalue weighted by molar-refractivity contribution is 1.15. The van der Waals surface area contributed by atoms with Gasteiger partial charge in [0.1, 0.15) is 0 Å². The van der Waals surface area contributed by atoms with E-state index in [-0.39, 0.29) is 0 Å². The number of allylic oxidation sites excluding steroid dienone is 1. The van der Waals surface area contributed by atoms with Crippen LogP contribution in [0, 0.1) is 0 Å². The van der Waals surface area contributed by atoms with E-state index < -0.39 is 0 Å². The number of hydrogen-bond acceptors (Lipinski definition) is 0. The third kappa shape index (κ3) is 2.06. The van der Waals surface area contributed by atoms with Crippen LogP contribution in [0.3, 0.4) is 0 Å². The summed E-state index contributed by atoms with van der Waals surface area (Å²) in [7, 11) is 0. The molecule has 0 nitrogen and oxygen atoms in total. The van der Waals surface area contributed by atoms with E-state index in [0.29, 0.717) is 6.90 Å². The summed E-state index contributed by atoms with van der Waals surface area (Å²) in [4.78, 5) is 0. The van der Waals surface area contributed by atoms with Crippen LogP contribution in [0.25, 0.3) is 0 Å². The SMILES string of the molecule is [2H]CC(=C)Cc1ccccc1. The number of rotatable bonds is 2. The smallest absolute Gasteiger partial charge is 0.0276 e. The third-order valence-electron chi connectivity index (χ3n) is 1.30. The molecule has 0 bridgehead atoms. The molecule has 0 aliphatic carbocycles. The molecule has 52 valence electrons. The molecule has 10 heavy (non-hydrogen) atoms. The molecule has 0 aliphatic rings. The van der Waals surface area contributed by atoms with Gasteiger partial charge >= 0.3 is 0 Å². The molecule has 0 aromatic heterocycles. The fourth-order valence-corrected chi connectivity index (χ4v) is 0.885. The molecular formula is C10H12. The summed E-state index contributed by atoms with van der Waals surface area (Å²) in [6.45, 7) is 4.11. The Bertz CT molecular complexity index is 226. The Kier molecular flexibility index (Phi) is 1.84. The van der Waals surface area contributed by atoms with E-state index in [2.05, 4.69) is 18.7 Å². The van der Waals surface area contributed by atoms with Crippen LogP contribution >= 0.6 is 0 Å². The maximum Gasteiger partial charge on any atom is 0.0276 e. The van der Waals surface area contributed by atoms with E-state index in [1.165, 1.54) is 5.56 Å². The zero-order valence-corrected chi connectivity index (χ0v) is 6.01. The van der Waals surface area contributed by atoms with Crippen LogP contribution in [0.15, 0.2) is 42.5 Å². The van der Waals surface area contributed by atoms with Crippen molar-refractivity contribution in [3.05, 3.63) is 48.0 Å². The summed E-state index contributed by atoms with van der Waals surface area (Å²) in [5.41, 5.74) is 2.21. The summed E-state index contributed by atoms with van der Waals surface area (Å²) in [5, 5.41) is 0. The summed E-state index contributed by atoms with van der Waals surface area (Å²) < 4.78 is 7.06. The quantitative estimate of drug-likeness (QED) is 0.544. The van der Waals surface area contributed by atoms with Gasteiger partial charge in [-0.15, -0.1) is 0 Å². The molecule has 0 aliphatic heterocycles. The lowest BCUT2D eigenvalue weighted by atomic mass is 10.1. The fraction of sp³-hybridized carbons (Fsp3) is 0.200. The Labute approximate surface area is 63.6 Å². The molecule has 0 heteroatoms. The summed E-state index contributed by atoms with van der Waals surface area (Å²) >= 11 is 0. The van der Waals surface area contributed by atoms with Crippen LogP contribution < -0.4 is 0 Å². The van der Waals surface area contributed by atoms with Crippen LogP contribution in [0.2, 0.25) is 0 Å². The Morgan fingerprint density at radius 1 is 1.50 bits per heavy atom. The highest BCUT2D eigenvalue weighted by atomic mass is 13.9. The molecule has 0 radical (unpaired) electrons. The van der Waals surface area contributed by atoms with E-state index >= 15 is 0 Å². The van der Waals surface area contributed by atoms with Gasteiger partial charge in [0.25, 0.3) is 0 Å². The van der Waals surface area contributed by atoms with Gasteiger partial charge in [-0.3, -0.25) is 0 Å². The third-order valence-corrected chi connectivity index (χ3v) is 1.30. The zero-order valence-electron chi connectivity index (χ0n) is 7.01. The monoisotopic (exact) mass is 133 g/mol. The van der Waals surface area contributed by atoms with Crippen molar-refractivity contribution >= 4 is 0 Å². The highest BCUT2D eigenvalue weighted by Gasteiger charge is 1.88. The van der Waals surface area contributed by atoms with Crippen molar-refractivity contribution in [2.24, 2.45) is 0 Å². The van der Waals surface area contributed by atoms with E-state index in [4.69, 9.17) is 1.37 Å². The van der Waals surface area contributed by atoms with E-state index in [0.717, 1.165) is 12.0 Å². The van der Waals surface area contributed by atoms with Gasteiger partial charge in [-0.05, 0) is 18.9 Å². The van der Waals surface area contributed by atoms with E-state index in [1.807, 2.05) is 18.2 Å². The lowest BCUT2D eigenvalue weighted by Crippen LogP contribution is -1.82. The first-order valence-electron chi connectivity index (χ1n) is 4.03. The summed E-state index contributed by atoms with van der Waals surface area (Å²) in [6.07, 6.45) is 0.838. The van der Waals surface area contributed by atoms with Gasteiger partial charge in [-0.2, -0.15) is 0 Å². The van der Waals surface area contributed by atoms with Gasteiger partial charge in [0.15, 0.2) is 0 Å². The number of hydrogen-bond donors (Lipinski definition) is 0. The van der Waals surface area contributed by atoms with Crippen molar-refractivity contribution in [2.45, 2.75) is 13.3 Å². The molecule has 0 saturated carbocycles. The molecule has 1 aromatic rings. The van der Waals surface area contributed by atoms with Crippen LogP contribution in [-0.2, 0) is 6.42 Å². The number of benzene rings is 1. The minimum atomic E-state index is 0.328. The largest absolute Gasteiger partial charge is 0.0998 e. The fourth-order valence-electron chi connectivity index (χ4n) is 0.885. The molecule has 0 unspecified atom stereocenters. The molecule has 0 N–H and O–H groups in total. The molecule has 0 saturated heterocycles. The molecule has 1 aromatic carbocycles. The molecule has 0 atom stereocenters. The van der Waals surface area contributed by atoms with Gasteiger partial charge in [0.05, 0.1) is 0 Å². The highest BCUT2D eigenvalue weighted by Crippen LogP contribution is 2.04. The normalized spacial score (nSPS) is 10.6. The van der Waals surface area contributed by atoms with Crippen molar-refractivity contribution in [1.82, 2.24) is 0 Å². The second-order valence-electron chi connectivity index (χ2n) is 2.41. The van der Waals surface area contributed by atoms with Crippen LogP contribution in [0.5, 0.6) is 0 Å². The predicted octanol–water partition coefficient (Wildman–Crippen LogP) is 2.81. The first kappa shape index (κ1) is 5.72. The zero-order chi connectivity index (χ0) is 8.10. The average Bonchev–Trinajstić information content (AvgIpc) is 2.06. The van der Waals surface area contributed by atoms with Crippen LogP contribution in [0.4, 0.5) is 0 Å². The topological polar surface area (TPSA) is 0 Å². The molecule has 0 spiro atoms. The minimum Gasteiger partial charge on any atom is -0.0998 e.